The van der Waals surface area contributed by atoms with Crippen LogP contribution in [-0.4, -0.2) is 32.2 Å². The average Bonchev–Trinajstić information content (AvgIpc) is 2.92. The van der Waals surface area contributed by atoms with Crippen molar-refractivity contribution in [1.29, 1.82) is 0 Å². The topological polar surface area (TPSA) is 53.7 Å². The number of para-hydroxylation sites is 1. The van der Waals surface area contributed by atoms with Gasteiger partial charge in [0.2, 0.25) is 0 Å². The van der Waals surface area contributed by atoms with Gasteiger partial charge in [-0.1, -0.05) is 18.2 Å². The standard InChI is InChI=1S/C15H21NO3/c16-12(10-15-18-7-8-19-15)9-11-5-6-17-14-4-2-1-3-13(11)14/h1-4,11-12,15H,5-10,16H2. The molecule has 2 atom stereocenters. The highest BCUT2D eigenvalue weighted by Crippen LogP contribution is 2.36. The van der Waals surface area contributed by atoms with Gasteiger partial charge in [-0.25, -0.2) is 0 Å². The number of hydrogen-bond acceptors (Lipinski definition) is 4. The molecule has 2 unspecified atom stereocenters. The van der Waals surface area contributed by atoms with E-state index < -0.39 is 0 Å². The largest absolute Gasteiger partial charge is 0.493 e. The zero-order chi connectivity index (χ0) is 13.1. The molecule has 1 aromatic rings. The third-order valence-corrected chi connectivity index (χ3v) is 3.86. The maximum Gasteiger partial charge on any atom is 0.159 e. The van der Waals surface area contributed by atoms with Gasteiger partial charge >= 0.3 is 0 Å². The van der Waals surface area contributed by atoms with Crippen molar-refractivity contribution in [1.82, 2.24) is 0 Å². The van der Waals surface area contributed by atoms with E-state index >= 15 is 0 Å². The van der Waals surface area contributed by atoms with Crippen LogP contribution in [0.3, 0.4) is 0 Å². The molecule has 0 radical (unpaired) electrons. The summed E-state index contributed by atoms with van der Waals surface area (Å²) in [5.41, 5.74) is 7.53. The Labute approximate surface area is 113 Å². The third-order valence-electron chi connectivity index (χ3n) is 3.86. The zero-order valence-corrected chi connectivity index (χ0v) is 11.1. The number of ether oxygens (including phenoxy) is 3. The van der Waals surface area contributed by atoms with Crippen molar-refractivity contribution < 1.29 is 14.2 Å². The van der Waals surface area contributed by atoms with Crippen molar-refractivity contribution in [2.45, 2.75) is 37.5 Å². The van der Waals surface area contributed by atoms with Crippen LogP contribution in [0, 0.1) is 0 Å². The predicted molar refractivity (Wildman–Crippen MR) is 72.2 cm³/mol. The van der Waals surface area contributed by atoms with Gasteiger partial charge in [0.05, 0.1) is 19.8 Å². The van der Waals surface area contributed by atoms with Crippen molar-refractivity contribution >= 4 is 0 Å². The SMILES string of the molecule is NC(CC1OCCO1)CC1CCOc2ccccc21. The van der Waals surface area contributed by atoms with Gasteiger partial charge in [-0.2, -0.15) is 0 Å². The van der Waals surface area contributed by atoms with E-state index in [0.717, 1.165) is 31.6 Å². The van der Waals surface area contributed by atoms with E-state index in [4.69, 9.17) is 19.9 Å². The van der Waals surface area contributed by atoms with Crippen LogP contribution in [0.1, 0.15) is 30.7 Å². The highest BCUT2D eigenvalue weighted by molar-refractivity contribution is 5.37. The summed E-state index contributed by atoms with van der Waals surface area (Å²) in [6, 6.07) is 8.38. The molecule has 0 aliphatic carbocycles. The van der Waals surface area contributed by atoms with Gasteiger partial charge in [0, 0.05) is 12.5 Å². The van der Waals surface area contributed by atoms with E-state index in [-0.39, 0.29) is 12.3 Å². The molecule has 2 aliphatic rings. The molecule has 2 aliphatic heterocycles. The normalized spacial score (nSPS) is 24.8. The highest BCUT2D eigenvalue weighted by Gasteiger charge is 2.25. The maximum absolute atomic E-state index is 6.24. The van der Waals surface area contributed by atoms with Crippen LogP contribution in [0.15, 0.2) is 24.3 Å². The van der Waals surface area contributed by atoms with E-state index in [2.05, 4.69) is 12.1 Å². The zero-order valence-electron chi connectivity index (χ0n) is 11.1. The summed E-state index contributed by atoms with van der Waals surface area (Å²) in [4.78, 5) is 0. The van der Waals surface area contributed by atoms with Crippen LogP contribution in [0.25, 0.3) is 0 Å². The summed E-state index contributed by atoms with van der Waals surface area (Å²) in [6.45, 7) is 2.17. The first-order valence-corrected chi connectivity index (χ1v) is 7.03. The van der Waals surface area contributed by atoms with E-state index in [1.165, 1.54) is 5.56 Å². The van der Waals surface area contributed by atoms with Gasteiger partial charge in [0.25, 0.3) is 0 Å². The van der Waals surface area contributed by atoms with Crippen LogP contribution in [0.4, 0.5) is 0 Å². The van der Waals surface area contributed by atoms with Crippen molar-refractivity contribution in [3.05, 3.63) is 29.8 Å². The molecule has 0 spiro atoms. The fraction of sp³-hybridized carbons (Fsp3) is 0.600. The number of nitrogens with two attached hydrogens (primary N) is 1. The second kappa shape index (κ2) is 5.90. The maximum atomic E-state index is 6.24. The molecule has 4 nitrogen and oxygen atoms in total. The van der Waals surface area contributed by atoms with E-state index in [1.54, 1.807) is 0 Å². The molecule has 0 aromatic heterocycles. The Balaban J connectivity index is 1.60. The van der Waals surface area contributed by atoms with Crippen molar-refractivity contribution in [3.63, 3.8) is 0 Å². The lowest BCUT2D eigenvalue weighted by Crippen LogP contribution is -2.30. The van der Waals surface area contributed by atoms with E-state index in [0.29, 0.717) is 19.1 Å². The van der Waals surface area contributed by atoms with Crippen LogP contribution in [0.2, 0.25) is 0 Å². The minimum absolute atomic E-state index is 0.106. The number of fused-ring (bicyclic) bond motifs is 1. The first-order valence-electron chi connectivity index (χ1n) is 7.03. The Morgan fingerprint density at radius 1 is 1.11 bits per heavy atom. The summed E-state index contributed by atoms with van der Waals surface area (Å²) < 4.78 is 16.6. The molecule has 0 saturated carbocycles. The lowest BCUT2D eigenvalue weighted by Gasteiger charge is -2.28. The predicted octanol–water partition coefficient (Wildman–Crippen LogP) is 2.03. The molecule has 4 heteroatoms. The monoisotopic (exact) mass is 263 g/mol. The van der Waals surface area contributed by atoms with Crippen molar-refractivity contribution in [3.8, 4) is 5.75 Å². The third kappa shape index (κ3) is 3.08. The smallest absolute Gasteiger partial charge is 0.159 e. The van der Waals surface area contributed by atoms with Crippen LogP contribution < -0.4 is 10.5 Å². The van der Waals surface area contributed by atoms with Gasteiger partial charge < -0.3 is 19.9 Å². The number of hydrogen-bond donors (Lipinski definition) is 1. The van der Waals surface area contributed by atoms with Gasteiger partial charge in [-0.15, -0.1) is 0 Å². The molecule has 0 amide bonds. The first-order chi connectivity index (χ1) is 9.33. The second-order valence-corrected chi connectivity index (χ2v) is 5.27. The molecule has 3 rings (SSSR count). The fourth-order valence-electron chi connectivity index (χ4n) is 2.91. The summed E-state index contributed by atoms with van der Waals surface area (Å²) in [6.07, 6.45) is 2.67. The van der Waals surface area contributed by atoms with Crippen LogP contribution >= 0.6 is 0 Å². The Hall–Kier alpha value is -1.10. The highest BCUT2D eigenvalue weighted by atomic mass is 16.7. The molecule has 1 aromatic carbocycles. The summed E-state index contributed by atoms with van der Waals surface area (Å²) in [5, 5.41) is 0. The summed E-state index contributed by atoms with van der Waals surface area (Å²) in [5.74, 6) is 1.50. The van der Waals surface area contributed by atoms with Crippen LogP contribution in [-0.2, 0) is 9.47 Å². The Kier molecular flexibility index (Phi) is 4.01. The second-order valence-electron chi connectivity index (χ2n) is 5.27. The fourth-order valence-corrected chi connectivity index (χ4v) is 2.91. The lowest BCUT2D eigenvalue weighted by atomic mass is 9.87. The minimum Gasteiger partial charge on any atom is -0.493 e. The van der Waals surface area contributed by atoms with Crippen LogP contribution in [0.5, 0.6) is 5.75 Å². The van der Waals surface area contributed by atoms with E-state index in [1.807, 2.05) is 12.1 Å². The van der Waals surface area contributed by atoms with Gasteiger partial charge in [-0.05, 0) is 30.4 Å². The first kappa shape index (κ1) is 12.9. The number of benzene rings is 1. The van der Waals surface area contributed by atoms with Gasteiger partial charge in [0.15, 0.2) is 6.29 Å². The molecule has 1 fully saturated rings. The van der Waals surface area contributed by atoms with Crippen molar-refractivity contribution in [2.75, 3.05) is 19.8 Å². The van der Waals surface area contributed by atoms with Gasteiger partial charge in [-0.3, -0.25) is 0 Å². The average molecular weight is 263 g/mol. The Morgan fingerprint density at radius 3 is 2.74 bits per heavy atom. The number of rotatable bonds is 4. The minimum atomic E-state index is -0.106. The summed E-state index contributed by atoms with van der Waals surface area (Å²) in [7, 11) is 0. The molecular weight excluding hydrogens is 242 g/mol. The molecule has 104 valence electrons. The summed E-state index contributed by atoms with van der Waals surface area (Å²) >= 11 is 0. The Morgan fingerprint density at radius 2 is 1.89 bits per heavy atom. The molecule has 19 heavy (non-hydrogen) atoms. The molecule has 2 heterocycles. The van der Waals surface area contributed by atoms with Crippen molar-refractivity contribution in [2.24, 2.45) is 5.73 Å². The van der Waals surface area contributed by atoms with Gasteiger partial charge in [0.1, 0.15) is 5.75 Å². The Bertz CT molecular complexity index is 418. The quantitative estimate of drug-likeness (QED) is 0.903. The molecular formula is C15H21NO3. The molecule has 1 saturated heterocycles. The molecule has 0 bridgehead atoms. The lowest BCUT2D eigenvalue weighted by molar-refractivity contribution is -0.0513. The van der Waals surface area contributed by atoms with E-state index in [9.17, 15) is 0 Å². The molecule has 2 N–H and O–H groups in total.